The van der Waals surface area contributed by atoms with E-state index < -0.39 is 6.10 Å². The maximum atomic E-state index is 12.4. The van der Waals surface area contributed by atoms with Crippen LogP contribution < -0.4 is 10.1 Å². The molecule has 0 heterocycles. The molecule has 1 N–H and O–H groups in total. The summed E-state index contributed by atoms with van der Waals surface area (Å²) in [5.41, 5.74) is 5.88. The standard InChI is InChI=1S/C21H27NO2/c1-13-7-8-15(3)20(11-13)17(5)22-21(23)18(6)24-19-10-9-14(2)16(4)12-19/h7-12,17-18H,1-6H3,(H,22,23). The fourth-order valence-electron chi connectivity index (χ4n) is 2.68. The SMILES string of the molecule is Cc1ccc(C)c(C(C)NC(=O)C(C)Oc2ccc(C)c(C)c2)c1. The minimum absolute atomic E-state index is 0.0526. The van der Waals surface area contributed by atoms with E-state index in [0.717, 1.165) is 16.9 Å². The highest BCUT2D eigenvalue weighted by Gasteiger charge is 2.19. The Morgan fingerprint density at radius 1 is 0.917 bits per heavy atom. The second-order valence-electron chi connectivity index (χ2n) is 6.60. The summed E-state index contributed by atoms with van der Waals surface area (Å²) < 4.78 is 5.79. The Morgan fingerprint density at radius 3 is 2.25 bits per heavy atom. The number of carbonyl (C=O) groups is 1. The highest BCUT2D eigenvalue weighted by molar-refractivity contribution is 5.81. The van der Waals surface area contributed by atoms with Gasteiger partial charge in [-0.15, -0.1) is 0 Å². The van der Waals surface area contributed by atoms with Gasteiger partial charge >= 0.3 is 0 Å². The van der Waals surface area contributed by atoms with Crippen LogP contribution in [0.3, 0.4) is 0 Å². The molecular weight excluding hydrogens is 298 g/mol. The molecule has 0 aliphatic rings. The summed E-state index contributed by atoms with van der Waals surface area (Å²) in [5.74, 6) is 0.613. The van der Waals surface area contributed by atoms with Gasteiger partial charge in [0, 0.05) is 0 Å². The van der Waals surface area contributed by atoms with Crippen LogP contribution in [0.5, 0.6) is 5.75 Å². The molecule has 3 heteroatoms. The van der Waals surface area contributed by atoms with Gasteiger partial charge in [-0.3, -0.25) is 4.79 Å². The molecule has 0 fully saturated rings. The summed E-state index contributed by atoms with van der Waals surface area (Å²) >= 11 is 0. The molecule has 128 valence electrons. The van der Waals surface area contributed by atoms with Crippen LogP contribution >= 0.6 is 0 Å². The van der Waals surface area contributed by atoms with E-state index in [9.17, 15) is 4.79 Å². The third-order valence-electron chi connectivity index (χ3n) is 4.42. The normalized spacial score (nSPS) is 13.2. The van der Waals surface area contributed by atoms with Gasteiger partial charge < -0.3 is 10.1 Å². The molecule has 2 atom stereocenters. The number of nitrogens with one attached hydrogen (secondary N) is 1. The van der Waals surface area contributed by atoms with Gasteiger partial charge in [-0.25, -0.2) is 0 Å². The topological polar surface area (TPSA) is 38.3 Å². The van der Waals surface area contributed by atoms with Gasteiger partial charge in [0.15, 0.2) is 6.10 Å². The van der Waals surface area contributed by atoms with Crippen molar-refractivity contribution in [2.24, 2.45) is 0 Å². The lowest BCUT2D eigenvalue weighted by Crippen LogP contribution is -2.38. The maximum Gasteiger partial charge on any atom is 0.261 e. The predicted octanol–water partition coefficient (Wildman–Crippen LogP) is 4.56. The van der Waals surface area contributed by atoms with Gasteiger partial charge in [-0.1, -0.05) is 29.8 Å². The van der Waals surface area contributed by atoms with Crippen LogP contribution in [0.2, 0.25) is 0 Å². The Hall–Kier alpha value is -2.29. The Bertz CT molecular complexity index is 737. The fourth-order valence-corrected chi connectivity index (χ4v) is 2.68. The first-order valence-electron chi connectivity index (χ1n) is 8.39. The van der Waals surface area contributed by atoms with Gasteiger partial charge in [0.1, 0.15) is 5.75 Å². The van der Waals surface area contributed by atoms with Gasteiger partial charge in [-0.2, -0.15) is 0 Å². The molecule has 0 aromatic heterocycles. The lowest BCUT2D eigenvalue weighted by Gasteiger charge is -2.21. The summed E-state index contributed by atoms with van der Waals surface area (Å²) in [6.07, 6.45) is -0.542. The van der Waals surface area contributed by atoms with E-state index in [1.165, 1.54) is 16.7 Å². The first-order chi connectivity index (χ1) is 11.3. The largest absolute Gasteiger partial charge is 0.481 e. The zero-order valence-electron chi connectivity index (χ0n) is 15.4. The van der Waals surface area contributed by atoms with Crippen molar-refractivity contribution in [2.75, 3.05) is 0 Å². The molecular formula is C21H27NO2. The van der Waals surface area contributed by atoms with Crippen LogP contribution in [0, 0.1) is 27.7 Å². The van der Waals surface area contributed by atoms with Crippen LogP contribution in [-0.4, -0.2) is 12.0 Å². The highest BCUT2D eigenvalue weighted by Crippen LogP contribution is 2.20. The van der Waals surface area contributed by atoms with Crippen LogP contribution in [0.1, 0.15) is 47.7 Å². The second kappa shape index (κ2) is 7.52. The number of rotatable bonds is 5. The zero-order valence-corrected chi connectivity index (χ0v) is 15.4. The number of carbonyl (C=O) groups excluding carboxylic acids is 1. The molecule has 2 aromatic carbocycles. The molecule has 24 heavy (non-hydrogen) atoms. The summed E-state index contributed by atoms with van der Waals surface area (Å²) in [6.45, 7) is 12.0. The molecule has 3 nitrogen and oxygen atoms in total. The molecule has 2 rings (SSSR count). The van der Waals surface area contributed by atoms with E-state index in [-0.39, 0.29) is 11.9 Å². The molecule has 0 radical (unpaired) electrons. The van der Waals surface area contributed by atoms with Crippen molar-refractivity contribution in [2.45, 2.75) is 53.7 Å². The zero-order chi connectivity index (χ0) is 17.9. The first-order valence-corrected chi connectivity index (χ1v) is 8.39. The molecule has 0 saturated heterocycles. The van der Waals surface area contributed by atoms with Gasteiger partial charge in [0.05, 0.1) is 6.04 Å². The maximum absolute atomic E-state index is 12.4. The second-order valence-corrected chi connectivity index (χ2v) is 6.60. The summed E-state index contributed by atoms with van der Waals surface area (Å²) in [5, 5.41) is 3.05. The molecule has 0 bridgehead atoms. The third kappa shape index (κ3) is 4.38. The summed E-state index contributed by atoms with van der Waals surface area (Å²) in [4.78, 5) is 12.4. The van der Waals surface area contributed by atoms with E-state index >= 15 is 0 Å². The average Bonchev–Trinajstić information content (AvgIpc) is 2.53. The number of hydrogen-bond donors (Lipinski definition) is 1. The van der Waals surface area contributed by atoms with Gasteiger partial charge in [0.25, 0.3) is 5.91 Å². The van der Waals surface area contributed by atoms with Gasteiger partial charge in [0.2, 0.25) is 0 Å². The van der Waals surface area contributed by atoms with Crippen molar-refractivity contribution >= 4 is 5.91 Å². The lowest BCUT2D eigenvalue weighted by molar-refractivity contribution is -0.127. The molecule has 0 aliphatic carbocycles. The summed E-state index contributed by atoms with van der Waals surface area (Å²) in [7, 11) is 0. The smallest absolute Gasteiger partial charge is 0.261 e. The number of ether oxygens (including phenoxy) is 1. The van der Waals surface area contributed by atoms with Crippen molar-refractivity contribution in [1.29, 1.82) is 0 Å². The monoisotopic (exact) mass is 325 g/mol. The molecule has 2 unspecified atom stereocenters. The Labute approximate surface area is 145 Å². The molecule has 0 saturated carbocycles. The number of benzene rings is 2. The number of amides is 1. The van der Waals surface area contributed by atoms with Crippen molar-refractivity contribution in [3.05, 3.63) is 64.2 Å². The van der Waals surface area contributed by atoms with Crippen LogP contribution in [0.4, 0.5) is 0 Å². The molecule has 0 aliphatic heterocycles. The number of aryl methyl sites for hydroxylation is 4. The molecule has 1 amide bonds. The quantitative estimate of drug-likeness (QED) is 0.875. The van der Waals surface area contributed by atoms with Crippen LogP contribution in [0.15, 0.2) is 36.4 Å². The minimum atomic E-state index is -0.542. The number of hydrogen-bond acceptors (Lipinski definition) is 2. The molecule has 0 spiro atoms. The minimum Gasteiger partial charge on any atom is -0.481 e. The highest BCUT2D eigenvalue weighted by atomic mass is 16.5. The first kappa shape index (κ1) is 18.1. The van der Waals surface area contributed by atoms with E-state index in [0.29, 0.717) is 0 Å². The van der Waals surface area contributed by atoms with Gasteiger partial charge in [-0.05, 0) is 75.9 Å². The van der Waals surface area contributed by atoms with Crippen molar-refractivity contribution in [3.63, 3.8) is 0 Å². The van der Waals surface area contributed by atoms with Crippen LogP contribution in [0.25, 0.3) is 0 Å². The van der Waals surface area contributed by atoms with E-state index in [1.54, 1.807) is 6.92 Å². The van der Waals surface area contributed by atoms with Crippen LogP contribution in [-0.2, 0) is 4.79 Å². The predicted molar refractivity (Wildman–Crippen MR) is 98.5 cm³/mol. The molecule has 2 aromatic rings. The van der Waals surface area contributed by atoms with E-state index in [1.807, 2.05) is 32.0 Å². The van der Waals surface area contributed by atoms with E-state index in [4.69, 9.17) is 4.74 Å². The average molecular weight is 325 g/mol. The fraction of sp³-hybridized carbons (Fsp3) is 0.381. The lowest BCUT2D eigenvalue weighted by atomic mass is 10.00. The summed E-state index contributed by atoms with van der Waals surface area (Å²) in [6, 6.07) is 12.1. The Morgan fingerprint density at radius 2 is 1.58 bits per heavy atom. The van der Waals surface area contributed by atoms with Crippen molar-refractivity contribution in [3.8, 4) is 5.75 Å². The van der Waals surface area contributed by atoms with Crippen molar-refractivity contribution in [1.82, 2.24) is 5.32 Å². The van der Waals surface area contributed by atoms with Crippen molar-refractivity contribution < 1.29 is 9.53 Å². The third-order valence-corrected chi connectivity index (χ3v) is 4.42. The Balaban J connectivity index is 2.02. The Kier molecular flexibility index (Phi) is 5.66. The van der Waals surface area contributed by atoms with E-state index in [2.05, 4.69) is 44.3 Å².